The molecule has 0 fully saturated rings. The molecule has 0 amide bonds. The highest BCUT2D eigenvalue weighted by Crippen LogP contribution is 2.38. The fourth-order valence-electron chi connectivity index (χ4n) is 4.40. The molecule has 198 valence electrons. The molecular formula is C26H33F3N2O3S2. The summed E-state index contributed by atoms with van der Waals surface area (Å²) in [6.07, 6.45) is -3.32. The van der Waals surface area contributed by atoms with Gasteiger partial charge in [-0.3, -0.25) is 13.8 Å². The second kappa shape index (κ2) is 12.4. The van der Waals surface area contributed by atoms with Crippen LogP contribution in [0.5, 0.6) is 5.75 Å². The van der Waals surface area contributed by atoms with Crippen molar-refractivity contribution in [2.45, 2.75) is 52.9 Å². The molecule has 0 spiro atoms. The van der Waals surface area contributed by atoms with Gasteiger partial charge in [-0.05, 0) is 66.9 Å². The number of anilines is 1. The Morgan fingerprint density at radius 1 is 1.08 bits per heavy atom. The summed E-state index contributed by atoms with van der Waals surface area (Å²) in [4.78, 5) is 2.31. The summed E-state index contributed by atoms with van der Waals surface area (Å²) < 4.78 is 67.2. The van der Waals surface area contributed by atoms with Gasteiger partial charge in [-0.2, -0.15) is 0 Å². The number of thiophene rings is 1. The second-order valence-corrected chi connectivity index (χ2v) is 11.2. The highest BCUT2D eigenvalue weighted by atomic mass is 32.2. The van der Waals surface area contributed by atoms with Crippen LogP contribution in [0, 0.1) is 12.8 Å². The number of rotatable bonds is 12. The van der Waals surface area contributed by atoms with Crippen LogP contribution < -0.4 is 9.04 Å². The fraction of sp³-hybridized carbons (Fsp3) is 0.462. The third kappa shape index (κ3) is 7.68. The molecule has 1 N–H and O–H groups in total. The number of hydrogen-bond donors (Lipinski definition) is 1. The van der Waals surface area contributed by atoms with E-state index >= 15 is 0 Å². The van der Waals surface area contributed by atoms with Gasteiger partial charge in [0.2, 0.25) is 0 Å². The van der Waals surface area contributed by atoms with Crippen LogP contribution in [0.4, 0.5) is 18.2 Å². The first-order valence-electron chi connectivity index (χ1n) is 11.9. The minimum absolute atomic E-state index is 0.137. The third-order valence-electron chi connectivity index (χ3n) is 5.87. The Morgan fingerprint density at radius 3 is 2.31 bits per heavy atom. The number of fused-ring (bicyclic) bond motifs is 1. The van der Waals surface area contributed by atoms with E-state index in [-0.39, 0.29) is 11.8 Å². The van der Waals surface area contributed by atoms with Crippen LogP contribution in [0.1, 0.15) is 38.3 Å². The van der Waals surface area contributed by atoms with E-state index < -0.39 is 17.6 Å². The van der Waals surface area contributed by atoms with E-state index in [0.29, 0.717) is 18.9 Å². The molecule has 0 aliphatic carbocycles. The zero-order valence-electron chi connectivity index (χ0n) is 20.9. The van der Waals surface area contributed by atoms with Crippen molar-refractivity contribution in [1.29, 1.82) is 0 Å². The molecule has 0 saturated carbocycles. The monoisotopic (exact) mass is 542 g/mol. The van der Waals surface area contributed by atoms with Gasteiger partial charge in [-0.25, -0.2) is 4.21 Å². The summed E-state index contributed by atoms with van der Waals surface area (Å²) in [5.74, 6) is 0.107. The van der Waals surface area contributed by atoms with Crippen LogP contribution in [-0.4, -0.2) is 45.7 Å². The summed E-state index contributed by atoms with van der Waals surface area (Å²) in [7, 11) is 0. The number of aryl methyl sites for hydroxylation is 1. The van der Waals surface area contributed by atoms with Crippen LogP contribution in [-0.2, 0) is 17.7 Å². The van der Waals surface area contributed by atoms with Crippen molar-refractivity contribution in [3.63, 3.8) is 0 Å². The Kier molecular flexibility index (Phi) is 9.79. The van der Waals surface area contributed by atoms with Gasteiger partial charge < -0.3 is 4.74 Å². The van der Waals surface area contributed by atoms with Crippen molar-refractivity contribution in [3.8, 4) is 5.75 Å². The predicted molar refractivity (Wildman–Crippen MR) is 142 cm³/mol. The van der Waals surface area contributed by atoms with E-state index in [0.717, 1.165) is 45.7 Å². The molecule has 1 aromatic heterocycles. The van der Waals surface area contributed by atoms with Gasteiger partial charge in [0.1, 0.15) is 10.8 Å². The van der Waals surface area contributed by atoms with E-state index in [2.05, 4.69) is 30.4 Å². The zero-order valence-corrected chi connectivity index (χ0v) is 22.6. The number of halogens is 3. The normalized spacial score (nSPS) is 13.9. The molecule has 5 nitrogen and oxygen atoms in total. The molecule has 3 aromatic rings. The second-order valence-electron chi connectivity index (χ2n) is 9.26. The highest BCUT2D eigenvalue weighted by Gasteiger charge is 2.31. The molecular weight excluding hydrogens is 509 g/mol. The first kappa shape index (κ1) is 28.4. The van der Waals surface area contributed by atoms with Gasteiger partial charge in [0.25, 0.3) is 11.3 Å². The maximum Gasteiger partial charge on any atom is 0.573 e. The van der Waals surface area contributed by atoms with Crippen LogP contribution in [0.25, 0.3) is 10.1 Å². The Hall–Kier alpha value is -2.14. The summed E-state index contributed by atoms with van der Waals surface area (Å²) in [5, 5.41) is 1.80. The van der Waals surface area contributed by atoms with Gasteiger partial charge in [-0.1, -0.05) is 51.1 Å². The lowest BCUT2D eigenvalue weighted by Crippen LogP contribution is -2.47. The van der Waals surface area contributed by atoms with Crippen molar-refractivity contribution in [3.05, 3.63) is 59.7 Å². The summed E-state index contributed by atoms with van der Waals surface area (Å²) >= 11 is -0.760. The van der Waals surface area contributed by atoms with Crippen molar-refractivity contribution in [2.24, 2.45) is 5.92 Å². The SMILES string of the molecule is CCCN(CC(C)C)C(Cc1ccc(OC(F)(F)F)cc1)CN(c1sc2ccccc2c1C)S(=O)O. The van der Waals surface area contributed by atoms with Crippen LogP contribution in [0.15, 0.2) is 48.5 Å². The van der Waals surface area contributed by atoms with Gasteiger partial charge >= 0.3 is 6.36 Å². The van der Waals surface area contributed by atoms with Gasteiger partial charge in [0.15, 0.2) is 0 Å². The first-order valence-corrected chi connectivity index (χ1v) is 13.8. The zero-order chi connectivity index (χ0) is 26.5. The average Bonchev–Trinajstić information content (AvgIpc) is 3.12. The topological polar surface area (TPSA) is 53.0 Å². The quantitative estimate of drug-likeness (QED) is 0.250. The maximum atomic E-state index is 12.6. The van der Waals surface area contributed by atoms with Crippen LogP contribution in [0.3, 0.4) is 0 Å². The molecule has 2 unspecified atom stereocenters. The molecule has 36 heavy (non-hydrogen) atoms. The predicted octanol–water partition coefficient (Wildman–Crippen LogP) is 7.03. The minimum atomic E-state index is -4.74. The maximum absolute atomic E-state index is 12.6. The lowest BCUT2D eigenvalue weighted by atomic mass is 10.0. The van der Waals surface area contributed by atoms with E-state index in [1.807, 2.05) is 31.2 Å². The average molecular weight is 543 g/mol. The van der Waals surface area contributed by atoms with E-state index in [9.17, 15) is 21.9 Å². The Morgan fingerprint density at radius 2 is 1.75 bits per heavy atom. The molecule has 3 rings (SSSR count). The largest absolute Gasteiger partial charge is 0.573 e. The molecule has 0 radical (unpaired) electrons. The summed E-state index contributed by atoms with van der Waals surface area (Å²) in [5.41, 5.74) is 1.78. The number of benzene rings is 2. The number of nitrogens with zero attached hydrogens (tertiary/aromatic N) is 2. The van der Waals surface area contributed by atoms with E-state index in [1.165, 1.54) is 27.8 Å². The lowest BCUT2D eigenvalue weighted by molar-refractivity contribution is -0.274. The smallest absolute Gasteiger partial charge is 0.406 e. The molecule has 0 bridgehead atoms. The van der Waals surface area contributed by atoms with Crippen LogP contribution >= 0.6 is 11.3 Å². The third-order valence-corrected chi connectivity index (χ3v) is 7.99. The Labute approximate surface area is 217 Å². The first-order chi connectivity index (χ1) is 17.0. The minimum Gasteiger partial charge on any atom is -0.406 e. The number of ether oxygens (including phenoxy) is 1. The van der Waals surface area contributed by atoms with Crippen molar-refractivity contribution >= 4 is 37.7 Å². The molecule has 2 aromatic carbocycles. The summed E-state index contributed by atoms with van der Waals surface area (Å²) in [6, 6.07) is 13.6. The van der Waals surface area contributed by atoms with Crippen molar-refractivity contribution in [2.75, 3.05) is 23.9 Å². The van der Waals surface area contributed by atoms with Gasteiger partial charge in [-0.15, -0.1) is 24.5 Å². The van der Waals surface area contributed by atoms with Crippen molar-refractivity contribution in [1.82, 2.24) is 4.90 Å². The molecule has 1 heterocycles. The lowest BCUT2D eigenvalue weighted by Gasteiger charge is -2.36. The standard InChI is InChI=1S/C26H33F3N2O3S2/c1-5-14-30(16-18(2)3)21(15-20-10-12-22(13-11-20)34-26(27,28)29)17-31(36(32)33)25-19(4)23-8-6-7-9-24(23)35-25/h6-13,18,21H,5,14-17H2,1-4H3,(H,32,33). The number of hydrogen-bond acceptors (Lipinski definition) is 4. The van der Waals surface area contributed by atoms with Crippen molar-refractivity contribution < 1.29 is 26.7 Å². The molecule has 0 aliphatic heterocycles. The summed E-state index contributed by atoms with van der Waals surface area (Å²) in [6.45, 7) is 10.2. The molecule has 0 saturated heterocycles. The Balaban J connectivity index is 1.93. The van der Waals surface area contributed by atoms with E-state index in [4.69, 9.17) is 0 Å². The van der Waals surface area contributed by atoms with Crippen LogP contribution in [0.2, 0.25) is 0 Å². The molecule has 2 atom stereocenters. The fourth-order valence-corrected chi connectivity index (χ4v) is 6.40. The highest BCUT2D eigenvalue weighted by molar-refractivity contribution is 7.81. The van der Waals surface area contributed by atoms with Gasteiger partial charge in [0.05, 0.1) is 6.54 Å². The van der Waals surface area contributed by atoms with Gasteiger partial charge in [0, 0.05) is 17.3 Å². The van der Waals surface area contributed by atoms with E-state index in [1.54, 1.807) is 12.1 Å². The molecule has 10 heteroatoms. The molecule has 0 aliphatic rings. The number of alkyl halides is 3. The Bertz CT molecular complexity index is 1150.